The lowest BCUT2D eigenvalue weighted by Crippen LogP contribution is -2.16. The van der Waals surface area contributed by atoms with E-state index in [-0.39, 0.29) is 11.3 Å². The minimum atomic E-state index is -0.848. The number of nitrogens with one attached hydrogen (secondary N) is 1. The molecule has 0 bridgehead atoms. The van der Waals surface area contributed by atoms with Crippen LogP contribution in [0.3, 0.4) is 0 Å². The standard InChI is InChI=1S/C19H12ClF2N3/c20-14-5-3-4-13(10-14)18(17-6-1-2-7-24-17)25-19-15(21)8-12(11-23)9-16(19)22/h1-10,18,25H. The summed E-state index contributed by atoms with van der Waals surface area (Å²) in [4.78, 5) is 4.27. The predicted octanol–water partition coefficient (Wildman–Crippen LogP) is 5.09. The molecule has 1 N–H and O–H groups in total. The van der Waals surface area contributed by atoms with Crippen molar-refractivity contribution in [3.8, 4) is 6.07 Å². The molecule has 124 valence electrons. The Morgan fingerprint density at radius 2 is 1.80 bits per heavy atom. The number of benzene rings is 2. The van der Waals surface area contributed by atoms with Crippen molar-refractivity contribution in [3.05, 3.63) is 94.3 Å². The number of hydrogen-bond acceptors (Lipinski definition) is 3. The first-order valence-electron chi connectivity index (χ1n) is 7.40. The van der Waals surface area contributed by atoms with E-state index in [4.69, 9.17) is 16.9 Å². The van der Waals surface area contributed by atoms with Gasteiger partial charge in [0.2, 0.25) is 0 Å². The molecular formula is C19H12ClF2N3. The summed E-state index contributed by atoms with van der Waals surface area (Å²) >= 11 is 6.05. The number of hydrogen-bond donors (Lipinski definition) is 1. The van der Waals surface area contributed by atoms with Gasteiger partial charge < -0.3 is 5.32 Å². The summed E-state index contributed by atoms with van der Waals surface area (Å²) < 4.78 is 28.5. The fourth-order valence-corrected chi connectivity index (χ4v) is 2.68. The van der Waals surface area contributed by atoms with E-state index >= 15 is 0 Å². The highest BCUT2D eigenvalue weighted by Gasteiger charge is 2.20. The molecule has 1 atom stereocenters. The van der Waals surface area contributed by atoms with Gasteiger partial charge in [-0.3, -0.25) is 4.98 Å². The Kier molecular flexibility index (Phi) is 4.92. The predicted molar refractivity (Wildman–Crippen MR) is 92.2 cm³/mol. The molecule has 0 amide bonds. The molecule has 0 radical (unpaired) electrons. The van der Waals surface area contributed by atoms with E-state index in [1.165, 1.54) is 0 Å². The van der Waals surface area contributed by atoms with Gasteiger partial charge in [0, 0.05) is 11.2 Å². The van der Waals surface area contributed by atoms with Crippen LogP contribution in [0.2, 0.25) is 5.02 Å². The van der Waals surface area contributed by atoms with Gasteiger partial charge in [-0.05, 0) is 42.0 Å². The maximum atomic E-state index is 14.3. The summed E-state index contributed by atoms with van der Waals surface area (Å²) in [6, 6.07) is 15.3. The van der Waals surface area contributed by atoms with E-state index in [0.29, 0.717) is 16.3 Å². The van der Waals surface area contributed by atoms with Crippen molar-refractivity contribution in [2.24, 2.45) is 0 Å². The lowest BCUT2D eigenvalue weighted by Gasteiger charge is -2.21. The van der Waals surface area contributed by atoms with Gasteiger partial charge in [-0.2, -0.15) is 5.26 Å². The maximum Gasteiger partial charge on any atom is 0.150 e. The van der Waals surface area contributed by atoms with Crippen LogP contribution < -0.4 is 5.32 Å². The first-order chi connectivity index (χ1) is 12.1. The lowest BCUT2D eigenvalue weighted by atomic mass is 10.0. The summed E-state index contributed by atoms with van der Waals surface area (Å²) in [5, 5.41) is 12.2. The topological polar surface area (TPSA) is 48.7 Å². The van der Waals surface area contributed by atoms with Gasteiger partial charge in [-0.25, -0.2) is 8.78 Å². The van der Waals surface area contributed by atoms with Gasteiger partial charge in [0.05, 0.1) is 23.4 Å². The molecule has 0 saturated heterocycles. The Morgan fingerprint density at radius 1 is 1.04 bits per heavy atom. The van der Waals surface area contributed by atoms with Gasteiger partial charge in [-0.15, -0.1) is 0 Å². The molecule has 6 heteroatoms. The van der Waals surface area contributed by atoms with Gasteiger partial charge in [0.15, 0.2) is 11.6 Å². The van der Waals surface area contributed by atoms with Crippen molar-refractivity contribution in [2.45, 2.75) is 6.04 Å². The zero-order valence-corrected chi connectivity index (χ0v) is 13.6. The van der Waals surface area contributed by atoms with Crippen molar-refractivity contribution >= 4 is 17.3 Å². The highest BCUT2D eigenvalue weighted by molar-refractivity contribution is 6.30. The van der Waals surface area contributed by atoms with E-state index < -0.39 is 17.7 Å². The van der Waals surface area contributed by atoms with E-state index in [1.807, 2.05) is 0 Å². The minimum Gasteiger partial charge on any atom is -0.368 e. The number of aromatic nitrogens is 1. The molecule has 2 aromatic carbocycles. The van der Waals surface area contributed by atoms with Crippen LogP contribution in [0.1, 0.15) is 22.9 Å². The molecule has 3 nitrogen and oxygen atoms in total. The monoisotopic (exact) mass is 355 g/mol. The molecule has 0 aliphatic rings. The largest absolute Gasteiger partial charge is 0.368 e. The highest BCUT2D eigenvalue weighted by Crippen LogP contribution is 2.30. The Labute approximate surface area is 148 Å². The molecule has 3 rings (SSSR count). The van der Waals surface area contributed by atoms with Crippen molar-refractivity contribution in [3.63, 3.8) is 0 Å². The third-order valence-corrected chi connectivity index (χ3v) is 3.86. The number of anilines is 1. The third kappa shape index (κ3) is 3.76. The van der Waals surface area contributed by atoms with Crippen LogP contribution in [0.5, 0.6) is 0 Å². The summed E-state index contributed by atoms with van der Waals surface area (Å²) in [6.07, 6.45) is 1.60. The molecule has 0 spiro atoms. The van der Waals surface area contributed by atoms with E-state index in [1.54, 1.807) is 54.7 Å². The van der Waals surface area contributed by atoms with Crippen LogP contribution in [-0.4, -0.2) is 4.98 Å². The molecule has 0 saturated carbocycles. The molecule has 1 heterocycles. The molecular weight excluding hydrogens is 344 g/mol. The van der Waals surface area contributed by atoms with Gasteiger partial charge in [0.1, 0.15) is 5.69 Å². The van der Waals surface area contributed by atoms with Crippen LogP contribution in [-0.2, 0) is 0 Å². The van der Waals surface area contributed by atoms with E-state index in [9.17, 15) is 8.78 Å². The van der Waals surface area contributed by atoms with Crippen LogP contribution >= 0.6 is 11.6 Å². The van der Waals surface area contributed by atoms with Crippen LogP contribution in [0.15, 0.2) is 60.8 Å². The van der Waals surface area contributed by atoms with Gasteiger partial charge >= 0.3 is 0 Å². The van der Waals surface area contributed by atoms with Crippen molar-refractivity contribution in [2.75, 3.05) is 5.32 Å². The van der Waals surface area contributed by atoms with Crippen molar-refractivity contribution in [1.29, 1.82) is 5.26 Å². The maximum absolute atomic E-state index is 14.3. The Balaban J connectivity index is 2.07. The normalized spacial score (nSPS) is 11.6. The SMILES string of the molecule is N#Cc1cc(F)c(NC(c2cccc(Cl)c2)c2ccccn2)c(F)c1. The molecule has 0 aliphatic carbocycles. The zero-order valence-electron chi connectivity index (χ0n) is 12.9. The summed E-state index contributed by atoms with van der Waals surface area (Å²) in [5.41, 5.74) is 0.870. The molecule has 1 aromatic heterocycles. The van der Waals surface area contributed by atoms with Crippen LogP contribution in [0.4, 0.5) is 14.5 Å². The minimum absolute atomic E-state index is 0.0855. The smallest absolute Gasteiger partial charge is 0.150 e. The second kappa shape index (κ2) is 7.29. The quantitative estimate of drug-likeness (QED) is 0.709. The van der Waals surface area contributed by atoms with Gasteiger partial charge in [0.25, 0.3) is 0 Å². The summed E-state index contributed by atoms with van der Waals surface area (Å²) in [6.45, 7) is 0. The van der Waals surface area contributed by atoms with E-state index in [0.717, 1.165) is 12.1 Å². The first-order valence-corrected chi connectivity index (χ1v) is 7.78. The highest BCUT2D eigenvalue weighted by atomic mass is 35.5. The van der Waals surface area contributed by atoms with Crippen LogP contribution in [0.25, 0.3) is 0 Å². The second-order valence-corrected chi connectivity index (χ2v) is 5.75. The van der Waals surface area contributed by atoms with E-state index in [2.05, 4.69) is 10.3 Å². The first kappa shape index (κ1) is 16.9. The zero-order chi connectivity index (χ0) is 17.8. The Hall–Kier alpha value is -2.97. The molecule has 0 aliphatic heterocycles. The van der Waals surface area contributed by atoms with Crippen LogP contribution in [0, 0.1) is 23.0 Å². The fourth-order valence-electron chi connectivity index (χ4n) is 2.48. The Bertz CT molecular complexity index is 916. The molecule has 0 fully saturated rings. The number of halogens is 3. The third-order valence-electron chi connectivity index (χ3n) is 3.63. The van der Waals surface area contributed by atoms with Crippen molar-refractivity contribution < 1.29 is 8.78 Å². The molecule has 3 aromatic rings. The average Bonchev–Trinajstić information content (AvgIpc) is 2.61. The van der Waals surface area contributed by atoms with Crippen molar-refractivity contribution in [1.82, 2.24) is 4.98 Å². The number of pyridine rings is 1. The molecule has 25 heavy (non-hydrogen) atoms. The lowest BCUT2D eigenvalue weighted by molar-refractivity contribution is 0.584. The summed E-state index contributed by atoms with van der Waals surface area (Å²) in [5.74, 6) is -1.70. The molecule has 1 unspecified atom stereocenters. The number of rotatable bonds is 4. The van der Waals surface area contributed by atoms with Gasteiger partial charge in [-0.1, -0.05) is 29.8 Å². The fraction of sp³-hybridized carbons (Fsp3) is 0.0526. The second-order valence-electron chi connectivity index (χ2n) is 5.31. The summed E-state index contributed by atoms with van der Waals surface area (Å²) in [7, 11) is 0. The number of nitrogens with zero attached hydrogens (tertiary/aromatic N) is 2. The number of nitriles is 1. The Morgan fingerprint density at radius 3 is 2.40 bits per heavy atom. The average molecular weight is 356 g/mol.